The molecule has 100 valence electrons. The van der Waals surface area contributed by atoms with Gasteiger partial charge in [-0.3, -0.25) is 0 Å². The molecule has 1 N–H and O–H groups in total. The van der Waals surface area contributed by atoms with Crippen LogP contribution in [-0.2, 0) is 6.18 Å². The minimum absolute atomic E-state index is 0.00414. The Bertz CT molecular complexity index is 597. The van der Waals surface area contributed by atoms with Gasteiger partial charge in [-0.1, -0.05) is 6.07 Å². The summed E-state index contributed by atoms with van der Waals surface area (Å²) >= 11 is 0. The molecule has 1 heterocycles. The summed E-state index contributed by atoms with van der Waals surface area (Å²) in [4.78, 5) is 3.72. The van der Waals surface area contributed by atoms with Gasteiger partial charge >= 0.3 is 6.18 Å². The van der Waals surface area contributed by atoms with E-state index in [1.54, 1.807) is 6.92 Å². The standard InChI is InChI=1S/C13H10F3NO2/c1-8-10(18)3-2-4-11(8)19-12-7-9(5-6-17-12)13(14,15)16/h2-7,18H,1H3. The van der Waals surface area contributed by atoms with Crippen molar-refractivity contribution in [2.24, 2.45) is 0 Å². The maximum absolute atomic E-state index is 12.5. The van der Waals surface area contributed by atoms with Crippen molar-refractivity contribution in [2.75, 3.05) is 0 Å². The first-order chi connectivity index (χ1) is 8.88. The van der Waals surface area contributed by atoms with Crippen LogP contribution in [0.1, 0.15) is 11.1 Å². The summed E-state index contributed by atoms with van der Waals surface area (Å²) in [6.45, 7) is 1.60. The fourth-order valence-electron chi connectivity index (χ4n) is 1.47. The van der Waals surface area contributed by atoms with Crippen LogP contribution in [0.2, 0.25) is 0 Å². The number of hydrogen-bond acceptors (Lipinski definition) is 3. The molecule has 0 saturated heterocycles. The highest BCUT2D eigenvalue weighted by Gasteiger charge is 2.31. The molecule has 0 unspecified atom stereocenters. The highest BCUT2D eigenvalue weighted by atomic mass is 19.4. The van der Waals surface area contributed by atoms with E-state index in [4.69, 9.17) is 4.74 Å². The molecule has 1 aromatic carbocycles. The van der Waals surface area contributed by atoms with Crippen molar-refractivity contribution in [1.82, 2.24) is 4.98 Å². The first kappa shape index (κ1) is 13.2. The third-order valence-electron chi connectivity index (χ3n) is 2.53. The van der Waals surface area contributed by atoms with Crippen LogP contribution < -0.4 is 4.74 Å². The third kappa shape index (κ3) is 2.96. The van der Waals surface area contributed by atoms with E-state index in [0.717, 1.165) is 18.3 Å². The highest BCUT2D eigenvalue weighted by molar-refractivity contribution is 5.44. The molecular formula is C13H10F3NO2. The van der Waals surface area contributed by atoms with Crippen LogP contribution in [-0.4, -0.2) is 10.1 Å². The Morgan fingerprint density at radius 2 is 1.95 bits per heavy atom. The summed E-state index contributed by atoms with van der Waals surface area (Å²) in [5.41, 5.74) is -0.406. The van der Waals surface area contributed by atoms with Gasteiger partial charge in [0.05, 0.1) is 5.56 Å². The van der Waals surface area contributed by atoms with Gasteiger partial charge in [0.15, 0.2) is 0 Å². The molecule has 6 heteroatoms. The van der Waals surface area contributed by atoms with Crippen molar-refractivity contribution in [2.45, 2.75) is 13.1 Å². The monoisotopic (exact) mass is 269 g/mol. The molecule has 0 spiro atoms. The second-order valence-corrected chi connectivity index (χ2v) is 3.88. The Morgan fingerprint density at radius 3 is 2.63 bits per heavy atom. The normalized spacial score (nSPS) is 11.4. The summed E-state index contributed by atoms with van der Waals surface area (Å²) in [5.74, 6) is 0.0832. The number of phenolic OH excluding ortho intramolecular Hbond substituents is 1. The Hall–Kier alpha value is -2.24. The van der Waals surface area contributed by atoms with E-state index in [1.807, 2.05) is 0 Å². The number of ether oxygens (including phenoxy) is 1. The van der Waals surface area contributed by atoms with Crippen molar-refractivity contribution in [3.8, 4) is 17.4 Å². The average Bonchev–Trinajstić information content (AvgIpc) is 2.34. The van der Waals surface area contributed by atoms with Crippen molar-refractivity contribution >= 4 is 0 Å². The molecule has 2 aromatic rings. The lowest BCUT2D eigenvalue weighted by Crippen LogP contribution is -2.05. The zero-order valence-electron chi connectivity index (χ0n) is 9.90. The van der Waals surface area contributed by atoms with E-state index < -0.39 is 11.7 Å². The first-order valence-electron chi connectivity index (χ1n) is 5.37. The van der Waals surface area contributed by atoms with E-state index in [9.17, 15) is 18.3 Å². The molecule has 3 nitrogen and oxygen atoms in total. The molecular weight excluding hydrogens is 259 g/mol. The largest absolute Gasteiger partial charge is 0.508 e. The van der Waals surface area contributed by atoms with E-state index in [0.29, 0.717) is 5.56 Å². The maximum atomic E-state index is 12.5. The second kappa shape index (κ2) is 4.79. The maximum Gasteiger partial charge on any atom is 0.416 e. The number of nitrogens with zero attached hydrogens (tertiary/aromatic N) is 1. The highest BCUT2D eigenvalue weighted by Crippen LogP contribution is 2.33. The number of phenols is 1. The summed E-state index contributed by atoms with van der Waals surface area (Å²) < 4.78 is 42.8. The van der Waals surface area contributed by atoms with Gasteiger partial charge in [0.2, 0.25) is 5.88 Å². The lowest BCUT2D eigenvalue weighted by Gasteiger charge is -2.11. The van der Waals surface area contributed by atoms with Crippen LogP contribution in [0.4, 0.5) is 13.2 Å². The van der Waals surface area contributed by atoms with Gasteiger partial charge in [0.25, 0.3) is 0 Å². The van der Waals surface area contributed by atoms with Gasteiger partial charge in [-0.15, -0.1) is 0 Å². The molecule has 0 amide bonds. The van der Waals surface area contributed by atoms with Gasteiger partial charge in [-0.2, -0.15) is 13.2 Å². The fourth-order valence-corrected chi connectivity index (χ4v) is 1.47. The molecule has 0 fully saturated rings. The number of rotatable bonds is 2. The Balaban J connectivity index is 2.31. The summed E-state index contributed by atoms with van der Waals surface area (Å²) in [6, 6.07) is 6.20. The van der Waals surface area contributed by atoms with E-state index in [2.05, 4.69) is 4.98 Å². The molecule has 0 atom stereocenters. The quantitative estimate of drug-likeness (QED) is 0.898. The lowest BCUT2D eigenvalue weighted by molar-refractivity contribution is -0.137. The Kier molecular flexibility index (Phi) is 3.33. The van der Waals surface area contributed by atoms with Crippen molar-refractivity contribution < 1.29 is 23.0 Å². The van der Waals surface area contributed by atoms with Crippen LogP contribution in [0.5, 0.6) is 17.4 Å². The fraction of sp³-hybridized carbons (Fsp3) is 0.154. The summed E-state index contributed by atoms with van der Waals surface area (Å²) in [7, 11) is 0. The molecule has 0 radical (unpaired) electrons. The topological polar surface area (TPSA) is 42.4 Å². The van der Waals surface area contributed by atoms with Gasteiger partial charge < -0.3 is 9.84 Å². The van der Waals surface area contributed by atoms with Gasteiger partial charge in [0.1, 0.15) is 11.5 Å². The number of alkyl halides is 3. The van der Waals surface area contributed by atoms with E-state index >= 15 is 0 Å². The Labute approximate surface area is 107 Å². The van der Waals surface area contributed by atoms with Crippen molar-refractivity contribution in [3.05, 3.63) is 47.7 Å². The van der Waals surface area contributed by atoms with Crippen molar-refractivity contribution in [3.63, 3.8) is 0 Å². The molecule has 1 aromatic heterocycles. The number of aromatic hydroxyl groups is 1. The van der Waals surface area contributed by atoms with Crippen LogP contribution in [0.25, 0.3) is 0 Å². The molecule has 0 bridgehead atoms. The molecule has 0 aliphatic rings. The zero-order chi connectivity index (χ0) is 14.0. The SMILES string of the molecule is Cc1c(O)cccc1Oc1cc(C(F)(F)F)ccn1. The molecule has 19 heavy (non-hydrogen) atoms. The van der Waals surface area contributed by atoms with Crippen LogP contribution in [0.15, 0.2) is 36.5 Å². The Morgan fingerprint density at radius 1 is 1.21 bits per heavy atom. The van der Waals surface area contributed by atoms with Gasteiger partial charge in [-0.25, -0.2) is 4.98 Å². The van der Waals surface area contributed by atoms with Crippen LogP contribution in [0.3, 0.4) is 0 Å². The van der Waals surface area contributed by atoms with Crippen molar-refractivity contribution in [1.29, 1.82) is 0 Å². The predicted molar refractivity (Wildman–Crippen MR) is 62.2 cm³/mol. The number of benzene rings is 1. The summed E-state index contributed by atoms with van der Waals surface area (Å²) in [6.07, 6.45) is -3.43. The number of aromatic nitrogens is 1. The van der Waals surface area contributed by atoms with Gasteiger partial charge in [-0.05, 0) is 25.1 Å². The minimum atomic E-state index is -4.45. The molecule has 0 saturated carbocycles. The summed E-state index contributed by atoms with van der Waals surface area (Å²) in [5, 5.41) is 9.48. The smallest absolute Gasteiger partial charge is 0.416 e. The van der Waals surface area contributed by atoms with Gasteiger partial charge in [0, 0.05) is 17.8 Å². The molecule has 2 rings (SSSR count). The minimum Gasteiger partial charge on any atom is -0.508 e. The second-order valence-electron chi connectivity index (χ2n) is 3.88. The molecule has 0 aliphatic carbocycles. The van der Waals surface area contributed by atoms with Crippen LogP contribution in [0, 0.1) is 6.92 Å². The predicted octanol–water partition coefficient (Wildman–Crippen LogP) is 3.91. The molecule has 0 aliphatic heterocycles. The van der Waals surface area contributed by atoms with E-state index in [-0.39, 0.29) is 17.4 Å². The first-order valence-corrected chi connectivity index (χ1v) is 5.37. The van der Waals surface area contributed by atoms with Crippen LogP contribution >= 0.6 is 0 Å². The lowest BCUT2D eigenvalue weighted by atomic mass is 10.2. The number of hydrogen-bond donors (Lipinski definition) is 1. The average molecular weight is 269 g/mol. The number of halogens is 3. The zero-order valence-corrected chi connectivity index (χ0v) is 9.90. The third-order valence-corrected chi connectivity index (χ3v) is 2.53. The van der Waals surface area contributed by atoms with E-state index in [1.165, 1.54) is 18.2 Å². The number of pyridine rings is 1.